The zero-order valence-corrected chi connectivity index (χ0v) is 17.9. The summed E-state index contributed by atoms with van der Waals surface area (Å²) < 4.78 is 39.6. The molecule has 1 atom stereocenters. The number of thiocarbonyl (C=S) groups is 1. The van der Waals surface area contributed by atoms with Crippen LogP contribution < -0.4 is 5.32 Å². The van der Waals surface area contributed by atoms with Gasteiger partial charge in [-0.2, -0.15) is 13.2 Å². The molecule has 1 aliphatic heterocycles. The van der Waals surface area contributed by atoms with Crippen LogP contribution in [0.4, 0.5) is 24.5 Å². The van der Waals surface area contributed by atoms with Gasteiger partial charge in [0, 0.05) is 12.1 Å². The summed E-state index contributed by atoms with van der Waals surface area (Å²) in [6, 6.07) is 8.80. The number of nitro groups is 1. The number of thioether (sulfide) groups is 1. The van der Waals surface area contributed by atoms with E-state index in [1.807, 2.05) is 0 Å². The van der Waals surface area contributed by atoms with Crippen molar-refractivity contribution in [3.63, 3.8) is 0 Å². The number of rotatable bonds is 5. The van der Waals surface area contributed by atoms with Crippen LogP contribution in [0.25, 0.3) is 6.08 Å². The maximum Gasteiger partial charge on any atom is 0.418 e. The van der Waals surface area contributed by atoms with Crippen LogP contribution in [0.3, 0.4) is 0 Å². The first kappa shape index (κ1) is 23.4. The van der Waals surface area contributed by atoms with E-state index in [0.717, 1.165) is 28.8 Å². The standard InChI is InChI=1S/C20H14F3N3O4S2/c1-11(17(27)24-15-5-3-2-4-14(15)20(21,22)23)25-18(28)16(32-19(25)31)10-12-6-8-13(9-7-12)26(29)30/h2-11H,1H3,(H,24,27)/b16-10-. The number of nitrogens with zero attached hydrogens (tertiary/aromatic N) is 2. The van der Waals surface area contributed by atoms with E-state index < -0.39 is 40.2 Å². The van der Waals surface area contributed by atoms with Crippen molar-refractivity contribution in [1.82, 2.24) is 4.90 Å². The molecule has 166 valence electrons. The van der Waals surface area contributed by atoms with Gasteiger partial charge in [-0.15, -0.1) is 0 Å². The Morgan fingerprint density at radius 3 is 2.44 bits per heavy atom. The molecule has 0 radical (unpaired) electrons. The molecule has 0 bridgehead atoms. The molecule has 1 heterocycles. The van der Waals surface area contributed by atoms with Crippen LogP contribution >= 0.6 is 24.0 Å². The van der Waals surface area contributed by atoms with Gasteiger partial charge in [0.15, 0.2) is 0 Å². The third kappa shape index (κ3) is 4.97. The summed E-state index contributed by atoms with van der Waals surface area (Å²) in [5.41, 5.74) is -1.04. The lowest BCUT2D eigenvalue weighted by Gasteiger charge is -2.23. The van der Waals surface area contributed by atoms with Crippen molar-refractivity contribution in [2.45, 2.75) is 19.1 Å². The van der Waals surface area contributed by atoms with Crippen molar-refractivity contribution < 1.29 is 27.7 Å². The Morgan fingerprint density at radius 2 is 1.84 bits per heavy atom. The van der Waals surface area contributed by atoms with Crippen LogP contribution in [0.5, 0.6) is 0 Å². The van der Waals surface area contributed by atoms with Gasteiger partial charge < -0.3 is 5.32 Å². The van der Waals surface area contributed by atoms with E-state index in [1.54, 1.807) is 0 Å². The highest BCUT2D eigenvalue weighted by Crippen LogP contribution is 2.36. The maximum absolute atomic E-state index is 13.2. The Labute approximate surface area is 189 Å². The van der Waals surface area contributed by atoms with Crippen LogP contribution in [-0.4, -0.2) is 32.0 Å². The van der Waals surface area contributed by atoms with Crippen molar-refractivity contribution >= 4 is 57.6 Å². The smallest absolute Gasteiger partial charge is 0.324 e. The van der Waals surface area contributed by atoms with Gasteiger partial charge >= 0.3 is 6.18 Å². The molecular weight excluding hydrogens is 467 g/mol. The summed E-state index contributed by atoms with van der Waals surface area (Å²) in [5.74, 6) is -1.43. The van der Waals surface area contributed by atoms with Gasteiger partial charge in [0.1, 0.15) is 10.4 Å². The summed E-state index contributed by atoms with van der Waals surface area (Å²) in [4.78, 5) is 36.8. The Morgan fingerprint density at radius 1 is 1.22 bits per heavy atom. The lowest BCUT2D eigenvalue weighted by molar-refractivity contribution is -0.384. The summed E-state index contributed by atoms with van der Waals surface area (Å²) in [6.45, 7) is 1.35. The lowest BCUT2D eigenvalue weighted by atomic mass is 10.1. The van der Waals surface area contributed by atoms with Gasteiger partial charge in [-0.3, -0.25) is 24.6 Å². The van der Waals surface area contributed by atoms with Crippen molar-refractivity contribution in [2.24, 2.45) is 0 Å². The predicted octanol–water partition coefficient (Wildman–Crippen LogP) is 4.84. The van der Waals surface area contributed by atoms with Crippen LogP contribution in [0.2, 0.25) is 0 Å². The lowest BCUT2D eigenvalue weighted by Crippen LogP contribution is -2.44. The van der Waals surface area contributed by atoms with E-state index >= 15 is 0 Å². The van der Waals surface area contributed by atoms with E-state index in [-0.39, 0.29) is 14.9 Å². The van der Waals surface area contributed by atoms with Crippen molar-refractivity contribution in [3.8, 4) is 0 Å². The number of para-hydroxylation sites is 1. The Balaban J connectivity index is 1.78. The predicted molar refractivity (Wildman–Crippen MR) is 118 cm³/mol. The number of alkyl halides is 3. The van der Waals surface area contributed by atoms with Gasteiger partial charge in [-0.05, 0) is 42.8 Å². The van der Waals surface area contributed by atoms with Crippen LogP contribution in [0.1, 0.15) is 18.1 Å². The number of benzene rings is 2. The highest BCUT2D eigenvalue weighted by atomic mass is 32.2. The van der Waals surface area contributed by atoms with E-state index in [1.165, 1.54) is 49.4 Å². The average Bonchev–Trinajstić information content (AvgIpc) is 3.00. The van der Waals surface area contributed by atoms with Gasteiger partial charge in [0.05, 0.1) is 21.1 Å². The fourth-order valence-corrected chi connectivity index (χ4v) is 4.27. The molecule has 1 fully saturated rings. The average molecular weight is 481 g/mol. The second-order valence-corrected chi connectivity index (χ2v) is 8.28. The topological polar surface area (TPSA) is 92.6 Å². The van der Waals surface area contributed by atoms with Crippen LogP contribution in [0, 0.1) is 10.1 Å². The zero-order chi connectivity index (χ0) is 23.6. The molecule has 2 amide bonds. The molecule has 0 aromatic heterocycles. The molecule has 0 aliphatic carbocycles. The SMILES string of the molecule is CC(C(=O)Nc1ccccc1C(F)(F)F)N1C(=O)/C(=C/c2ccc([N+](=O)[O-])cc2)SC1=S. The number of amides is 2. The van der Waals surface area contributed by atoms with Crippen molar-refractivity contribution in [3.05, 3.63) is 74.7 Å². The Kier molecular flexibility index (Phi) is 6.65. The van der Waals surface area contributed by atoms with Crippen LogP contribution in [-0.2, 0) is 15.8 Å². The number of carbonyl (C=O) groups is 2. The van der Waals surface area contributed by atoms with Gasteiger partial charge in [0.2, 0.25) is 5.91 Å². The first-order valence-electron chi connectivity index (χ1n) is 8.97. The summed E-state index contributed by atoms with van der Waals surface area (Å²) in [5, 5.41) is 13.0. The number of hydrogen-bond donors (Lipinski definition) is 1. The second-order valence-electron chi connectivity index (χ2n) is 6.61. The molecular formula is C20H14F3N3O4S2. The monoisotopic (exact) mass is 481 g/mol. The summed E-state index contributed by atoms with van der Waals surface area (Å²) >= 11 is 6.11. The molecule has 32 heavy (non-hydrogen) atoms. The van der Waals surface area contributed by atoms with Crippen LogP contribution in [0.15, 0.2) is 53.4 Å². The normalized spacial score (nSPS) is 16.4. The third-order valence-electron chi connectivity index (χ3n) is 4.48. The molecule has 0 saturated carbocycles. The number of nitro benzene ring substituents is 1. The summed E-state index contributed by atoms with van der Waals surface area (Å²) in [7, 11) is 0. The second kappa shape index (κ2) is 9.09. The molecule has 2 aromatic carbocycles. The van der Waals surface area contributed by atoms with Gasteiger partial charge in [-0.25, -0.2) is 0 Å². The van der Waals surface area contributed by atoms with Crippen molar-refractivity contribution in [1.29, 1.82) is 0 Å². The van der Waals surface area contributed by atoms with E-state index in [2.05, 4.69) is 5.32 Å². The maximum atomic E-state index is 13.2. The number of halogens is 3. The molecule has 3 rings (SSSR count). The van der Waals surface area contributed by atoms with E-state index in [9.17, 15) is 32.9 Å². The number of hydrogen-bond acceptors (Lipinski definition) is 6. The van der Waals surface area contributed by atoms with Crippen molar-refractivity contribution in [2.75, 3.05) is 5.32 Å². The molecule has 2 aromatic rings. The number of non-ortho nitro benzene ring substituents is 1. The number of nitrogens with one attached hydrogen (secondary N) is 1. The minimum atomic E-state index is -4.66. The van der Waals surface area contributed by atoms with Gasteiger partial charge in [0.25, 0.3) is 11.6 Å². The van der Waals surface area contributed by atoms with E-state index in [4.69, 9.17) is 12.2 Å². The third-order valence-corrected chi connectivity index (χ3v) is 5.81. The Bertz CT molecular complexity index is 1130. The molecule has 7 nitrogen and oxygen atoms in total. The molecule has 1 saturated heterocycles. The molecule has 12 heteroatoms. The molecule has 1 N–H and O–H groups in total. The quantitative estimate of drug-likeness (QED) is 0.284. The minimum absolute atomic E-state index is 0.0647. The van der Waals surface area contributed by atoms with E-state index in [0.29, 0.717) is 5.56 Å². The molecule has 1 unspecified atom stereocenters. The number of carbonyl (C=O) groups excluding carboxylic acids is 2. The molecule has 0 spiro atoms. The highest BCUT2D eigenvalue weighted by molar-refractivity contribution is 8.26. The first-order valence-corrected chi connectivity index (χ1v) is 10.2. The Hall–Kier alpha value is -3.25. The first-order chi connectivity index (χ1) is 15.0. The fraction of sp³-hybridized carbons (Fsp3) is 0.150. The minimum Gasteiger partial charge on any atom is -0.324 e. The largest absolute Gasteiger partial charge is 0.418 e. The summed E-state index contributed by atoms with van der Waals surface area (Å²) in [6.07, 6.45) is -3.20. The molecule has 1 aliphatic rings. The number of anilines is 1. The zero-order valence-electron chi connectivity index (χ0n) is 16.3. The van der Waals surface area contributed by atoms with Gasteiger partial charge in [-0.1, -0.05) is 36.1 Å². The fourth-order valence-electron chi connectivity index (χ4n) is 2.85. The highest BCUT2D eigenvalue weighted by Gasteiger charge is 2.39.